The smallest absolute Gasteiger partial charge is 0.257 e. The number of thioether (sulfide) groups is 1. The molecule has 0 aliphatic carbocycles. The first-order valence-electron chi connectivity index (χ1n) is 6.53. The first-order valence-corrected chi connectivity index (χ1v) is 8.16. The van der Waals surface area contributed by atoms with Crippen molar-refractivity contribution in [2.45, 2.75) is 4.90 Å². The first-order chi connectivity index (χ1) is 10.6. The summed E-state index contributed by atoms with van der Waals surface area (Å²) in [6.07, 6.45) is 2.00. The molecule has 0 unspecified atom stereocenters. The Morgan fingerprint density at radius 3 is 2.55 bits per heavy atom. The maximum atomic E-state index is 12.1. The summed E-state index contributed by atoms with van der Waals surface area (Å²) in [7, 11) is 1.58. The topological polar surface area (TPSA) is 50.4 Å². The van der Waals surface area contributed by atoms with E-state index in [0.717, 1.165) is 10.6 Å². The Balaban J connectivity index is 1.96. The summed E-state index contributed by atoms with van der Waals surface area (Å²) < 4.78 is 5.06. The maximum Gasteiger partial charge on any atom is 0.257 e. The van der Waals surface area contributed by atoms with Gasteiger partial charge in [0.25, 0.3) is 5.91 Å². The van der Waals surface area contributed by atoms with Gasteiger partial charge in [-0.25, -0.2) is 0 Å². The lowest BCUT2D eigenvalue weighted by Crippen LogP contribution is -2.34. The fourth-order valence-corrected chi connectivity index (χ4v) is 2.45. The molecule has 4 nitrogen and oxygen atoms in total. The van der Waals surface area contributed by atoms with E-state index >= 15 is 0 Å². The van der Waals surface area contributed by atoms with Crippen LogP contribution >= 0.6 is 24.0 Å². The van der Waals surface area contributed by atoms with E-state index in [0.29, 0.717) is 11.3 Å². The number of anilines is 1. The van der Waals surface area contributed by atoms with Crippen LogP contribution in [0, 0.1) is 0 Å². The zero-order valence-corrected chi connectivity index (χ0v) is 13.9. The highest BCUT2D eigenvalue weighted by atomic mass is 32.2. The van der Waals surface area contributed by atoms with Crippen LogP contribution in [0.1, 0.15) is 10.4 Å². The second-order valence-corrected chi connectivity index (χ2v) is 5.66. The van der Waals surface area contributed by atoms with Crippen molar-refractivity contribution in [3.63, 3.8) is 0 Å². The van der Waals surface area contributed by atoms with E-state index in [1.54, 1.807) is 43.1 Å². The van der Waals surface area contributed by atoms with Crippen LogP contribution in [0.5, 0.6) is 5.75 Å². The van der Waals surface area contributed by atoms with Gasteiger partial charge in [0.1, 0.15) is 5.75 Å². The fraction of sp³-hybridized carbons (Fsp3) is 0.125. The van der Waals surface area contributed by atoms with Crippen molar-refractivity contribution in [1.29, 1.82) is 0 Å². The van der Waals surface area contributed by atoms with Gasteiger partial charge in [-0.3, -0.25) is 10.1 Å². The summed E-state index contributed by atoms with van der Waals surface area (Å²) in [6.45, 7) is 0. The average molecular weight is 332 g/mol. The number of amides is 1. The van der Waals surface area contributed by atoms with E-state index in [-0.39, 0.29) is 11.0 Å². The molecule has 0 aliphatic rings. The van der Waals surface area contributed by atoms with Crippen LogP contribution in [-0.4, -0.2) is 24.4 Å². The van der Waals surface area contributed by atoms with E-state index in [1.165, 1.54) is 0 Å². The zero-order valence-electron chi connectivity index (χ0n) is 12.3. The van der Waals surface area contributed by atoms with Crippen LogP contribution in [0.25, 0.3) is 0 Å². The number of thiocarbonyl (C=S) groups is 1. The van der Waals surface area contributed by atoms with Crippen molar-refractivity contribution in [2.75, 3.05) is 18.7 Å². The zero-order chi connectivity index (χ0) is 15.9. The molecule has 0 heterocycles. The van der Waals surface area contributed by atoms with Crippen molar-refractivity contribution >= 4 is 40.7 Å². The SMILES string of the molecule is COc1ccc(C(=O)NC(=S)Nc2cccc(SC)c2)cc1. The highest BCUT2D eigenvalue weighted by Crippen LogP contribution is 2.18. The fourth-order valence-electron chi connectivity index (χ4n) is 1.78. The van der Waals surface area contributed by atoms with Gasteiger partial charge in [0.2, 0.25) is 0 Å². The minimum absolute atomic E-state index is 0.263. The highest BCUT2D eigenvalue weighted by Gasteiger charge is 2.08. The standard InChI is InChI=1S/C16H16N2O2S2/c1-20-13-8-6-11(7-9-13)15(19)18-16(21)17-12-4-3-5-14(10-12)22-2/h3-10H,1-2H3,(H2,17,18,19,21). The number of carbonyl (C=O) groups is 1. The van der Waals surface area contributed by atoms with Gasteiger partial charge in [-0.05, 0) is 60.9 Å². The minimum Gasteiger partial charge on any atom is -0.497 e. The molecule has 0 bridgehead atoms. The largest absolute Gasteiger partial charge is 0.497 e. The van der Waals surface area contributed by atoms with Crippen LogP contribution in [0.3, 0.4) is 0 Å². The molecule has 0 atom stereocenters. The molecule has 6 heteroatoms. The van der Waals surface area contributed by atoms with E-state index < -0.39 is 0 Å². The Kier molecular flexibility index (Phi) is 5.80. The maximum absolute atomic E-state index is 12.1. The second-order valence-electron chi connectivity index (χ2n) is 4.37. The molecule has 0 fully saturated rings. The molecule has 0 aromatic heterocycles. The summed E-state index contributed by atoms with van der Waals surface area (Å²) in [5.74, 6) is 0.437. The molecule has 2 rings (SSSR count). The van der Waals surface area contributed by atoms with E-state index in [4.69, 9.17) is 17.0 Å². The number of benzene rings is 2. The van der Waals surface area contributed by atoms with Gasteiger partial charge >= 0.3 is 0 Å². The molecule has 0 radical (unpaired) electrons. The number of ether oxygens (including phenoxy) is 1. The average Bonchev–Trinajstić information content (AvgIpc) is 2.55. The summed E-state index contributed by atoms with van der Waals surface area (Å²) in [5, 5.41) is 5.92. The number of hydrogen-bond donors (Lipinski definition) is 2. The van der Waals surface area contributed by atoms with E-state index in [1.807, 2.05) is 30.5 Å². The predicted molar refractivity (Wildman–Crippen MR) is 94.9 cm³/mol. The van der Waals surface area contributed by atoms with Crippen molar-refractivity contribution in [3.8, 4) is 5.75 Å². The van der Waals surface area contributed by atoms with Gasteiger partial charge in [0, 0.05) is 16.1 Å². The van der Waals surface area contributed by atoms with Crippen LogP contribution in [0.2, 0.25) is 0 Å². The summed E-state index contributed by atoms with van der Waals surface area (Å²) in [6, 6.07) is 14.6. The Bertz CT molecular complexity index is 672. The van der Waals surface area contributed by atoms with Crippen molar-refractivity contribution < 1.29 is 9.53 Å². The second kappa shape index (κ2) is 7.82. The molecule has 0 saturated carbocycles. The molecule has 22 heavy (non-hydrogen) atoms. The molecular formula is C16H16N2O2S2. The number of carbonyl (C=O) groups excluding carboxylic acids is 1. The Morgan fingerprint density at radius 1 is 1.18 bits per heavy atom. The predicted octanol–water partition coefficient (Wildman–Crippen LogP) is 3.54. The van der Waals surface area contributed by atoms with E-state index in [9.17, 15) is 4.79 Å². The van der Waals surface area contributed by atoms with Crippen LogP contribution < -0.4 is 15.4 Å². The monoisotopic (exact) mass is 332 g/mol. The Hall–Kier alpha value is -2.05. The van der Waals surface area contributed by atoms with Crippen molar-refractivity contribution in [2.24, 2.45) is 0 Å². The van der Waals surface area contributed by atoms with Gasteiger partial charge in [0.05, 0.1) is 7.11 Å². The van der Waals surface area contributed by atoms with E-state index in [2.05, 4.69) is 10.6 Å². The number of methoxy groups -OCH3 is 1. The molecule has 2 aromatic rings. The van der Waals surface area contributed by atoms with Gasteiger partial charge in [-0.15, -0.1) is 11.8 Å². The lowest BCUT2D eigenvalue weighted by molar-refractivity contribution is 0.0977. The third kappa shape index (κ3) is 4.47. The molecule has 0 aliphatic heterocycles. The number of hydrogen-bond acceptors (Lipinski definition) is 4. The van der Waals surface area contributed by atoms with Gasteiger partial charge in [-0.1, -0.05) is 6.07 Å². The molecule has 2 aromatic carbocycles. The van der Waals surface area contributed by atoms with Crippen molar-refractivity contribution in [1.82, 2.24) is 5.32 Å². The number of nitrogens with one attached hydrogen (secondary N) is 2. The first kappa shape index (κ1) is 16.3. The van der Waals surface area contributed by atoms with Crippen molar-refractivity contribution in [3.05, 3.63) is 54.1 Å². The summed E-state index contributed by atoms with van der Waals surface area (Å²) in [5.41, 5.74) is 1.36. The quantitative estimate of drug-likeness (QED) is 0.662. The summed E-state index contributed by atoms with van der Waals surface area (Å²) in [4.78, 5) is 13.2. The van der Waals surface area contributed by atoms with Gasteiger partial charge in [0.15, 0.2) is 5.11 Å². The van der Waals surface area contributed by atoms with Gasteiger partial charge < -0.3 is 10.1 Å². The Labute approximate surface area is 139 Å². The highest BCUT2D eigenvalue weighted by molar-refractivity contribution is 7.98. The molecule has 1 amide bonds. The minimum atomic E-state index is -0.263. The van der Waals surface area contributed by atoms with Crippen LogP contribution in [0.4, 0.5) is 5.69 Å². The van der Waals surface area contributed by atoms with Crippen LogP contribution in [-0.2, 0) is 0 Å². The summed E-state index contributed by atoms with van der Waals surface area (Å²) >= 11 is 6.81. The number of rotatable bonds is 4. The normalized spacial score (nSPS) is 9.91. The molecule has 0 saturated heterocycles. The Morgan fingerprint density at radius 2 is 1.91 bits per heavy atom. The van der Waals surface area contributed by atoms with Gasteiger partial charge in [-0.2, -0.15) is 0 Å². The lowest BCUT2D eigenvalue weighted by Gasteiger charge is -2.10. The third-order valence-electron chi connectivity index (χ3n) is 2.91. The third-order valence-corrected chi connectivity index (χ3v) is 3.84. The lowest BCUT2D eigenvalue weighted by atomic mass is 10.2. The molecule has 0 spiro atoms. The molecule has 2 N–H and O–H groups in total. The molecule has 114 valence electrons. The van der Waals surface area contributed by atoms with Crippen LogP contribution in [0.15, 0.2) is 53.4 Å². The molecular weight excluding hydrogens is 316 g/mol.